The molecule has 110 valence electrons. The topological polar surface area (TPSA) is 42.4 Å². The highest BCUT2D eigenvalue weighted by atomic mass is 19.1. The summed E-state index contributed by atoms with van der Waals surface area (Å²) >= 11 is 0. The van der Waals surface area contributed by atoms with Crippen molar-refractivity contribution in [2.24, 2.45) is 0 Å². The molecule has 1 aromatic carbocycles. The summed E-state index contributed by atoms with van der Waals surface area (Å²) in [6, 6.07) is 8.33. The minimum Gasteiger partial charge on any atom is -0.478 e. The van der Waals surface area contributed by atoms with Crippen molar-refractivity contribution in [2.75, 3.05) is 6.61 Å². The maximum atomic E-state index is 13.1. The van der Waals surface area contributed by atoms with Crippen molar-refractivity contribution in [3.8, 4) is 17.1 Å². The summed E-state index contributed by atoms with van der Waals surface area (Å²) in [5, 5.41) is 9.50. The molecule has 0 aliphatic heterocycles. The van der Waals surface area contributed by atoms with Crippen LogP contribution in [0.3, 0.4) is 0 Å². The van der Waals surface area contributed by atoms with Gasteiger partial charge in [-0.05, 0) is 61.6 Å². The van der Waals surface area contributed by atoms with E-state index in [1.165, 1.54) is 12.1 Å². The zero-order valence-electron chi connectivity index (χ0n) is 12.0. The maximum Gasteiger partial charge on any atom is 0.219 e. The zero-order chi connectivity index (χ0) is 14.8. The van der Waals surface area contributed by atoms with Gasteiger partial charge in [0.25, 0.3) is 0 Å². The highest BCUT2D eigenvalue weighted by molar-refractivity contribution is 5.66. The molecule has 1 aliphatic rings. The fourth-order valence-corrected chi connectivity index (χ4v) is 2.48. The Balaban J connectivity index is 2.11. The predicted molar refractivity (Wildman–Crippen MR) is 78.7 cm³/mol. The average Bonchev–Trinajstić information content (AvgIpc) is 3.33. The van der Waals surface area contributed by atoms with Crippen LogP contribution in [0, 0.1) is 5.82 Å². The van der Waals surface area contributed by atoms with Crippen molar-refractivity contribution in [2.45, 2.75) is 32.3 Å². The van der Waals surface area contributed by atoms with Crippen LogP contribution in [0.4, 0.5) is 4.39 Å². The lowest BCUT2D eigenvalue weighted by molar-refractivity contribution is 0.263. The minimum absolute atomic E-state index is 0.0915. The first kappa shape index (κ1) is 14.0. The Labute approximate surface area is 123 Å². The number of aliphatic hydroxyl groups excluding tert-OH is 1. The molecule has 21 heavy (non-hydrogen) atoms. The number of rotatable bonds is 5. The first-order chi connectivity index (χ1) is 10.2. The molecular weight excluding hydrogens is 269 g/mol. The van der Waals surface area contributed by atoms with E-state index < -0.39 is 0 Å². The fourth-order valence-electron chi connectivity index (χ4n) is 2.48. The van der Waals surface area contributed by atoms with Crippen molar-refractivity contribution < 1.29 is 14.2 Å². The molecule has 0 amide bonds. The van der Waals surface area contributed by atoms with E-state index in [9.17, 15) is 9.50 Å². The summed E-state index contributed by atoms with van der Waals surface area (Å²) in [5.74, 6) is 0.686. The number of hydrogen-bond donors (Lipinski definition) is 1. The first-order valence-electron chi connectivity index (χ1n) is 7.26. The van der Waals surface area contributed by atoms with Gasteiger partial charge in [-0.1, -0.05) is 0 Å². The molecule has 2 aromatic rings. The van der Waals surface area contributed by atoms with E-state index >= 15 is 0 Å². The monoisotopic (exact) mass is 287 g/mol. The van der Waals surface area contributed by atoms with Crippen LogP contribution in [0.2, 0.25) is 0 Å². The largest absolute Gasteiger partial charge is 0.478 e. The molecule has 3 rings (SSSR count). The van der Waals surface area contributed by atoms with Crippen molar-refractivity contribution in [3.63, 3.8) is 0 Å². The van der Waals surface area contributed by atoms with E-state index in [1.807, 2.05) is 13.0 Å². The molecule has 0 bridgehead atoms. The number of benzene rings is 1. The Hall–Kier alpha value is -1.94. The van der Waals surface area contributed by atoms with Gasteiger partial charge < -0.3 is 9.84 Å². The Morgan fingerprint density at radius 3 is 2.57 bits per heavy atom. The number of halogens is 1. The van der Waals surface area contributed by atoms with Gasteiger partial charge in [-0.3, -0.25) is 0 Å². The minimum atomic E-state index is -0.260. The second kappa shape index (κ2) is 5.82. The Kier molecular flexibility index (Phi) is 3.88. The molecule has 1 aliphatic carbocycles. The zero-order valence-corrected chi connectivity index (χ0v) is 12.0. The number of hydrogen-bond acceptors (Lipinski definition) is 3. The molecule has 0 unspecified atom stereocenters. The van der Waals surface area contributed by atoms with Crippen molar-refractivity contribution in [1.29, 1.82) is 0 Å². The Morgan fingerprint density at radius 1 is 1.29 bits per heavy atom. The molecule has 1 heterocycles. The highest BCUT2D eigenvalue weighted by Gasteiger charge is 2.28. The summed E-state index contributed by atoms with van der Waals surface area (Å²) in [7, 11) is 0. The van der Waals surface area contributed by atoms with Gasteiger partial charge in [0.05, 0.1) is 18.9 Å². The van der Waals surface area contributed by atoms with E-state index in [0.29, 0.717) is 24.0 Å². The molecular formula is C17H18FNO2. The lowest BCUT2D eigenvalue weighted by Gasteiger charge is -2.14. The smallest absolute Gasteiger partial charge is 0.219 e. The first-order valence-corrected chi connectivity index (χ1v) is 7.26. The molecule has 3 nitrogen and oxygen atoms in total. The lowest BCUT2D eigenvalue weighted by Crippen LogP contribution is -2.03. The van der Waals surface area contributed by atoms with Crippen LogP contribution in [0.25, 0.3) is 11.3 Å². The lowest BCUT2D eigenvalue weighted by atomic mass is 10.0. The number of aromatic nitrogens is 1. The number of ether oxygens (including phenoxy) is 1. The van der Waals surface area contributed by atoms with Gasteiger partial charge in [0.2, 0.25) is 5.88 Å². The Morgan fingerprint density at radius 2 is 2.00 bits per heavy atom. The number of aliphatic hydroxyl groups is 1. The molecule has 0 atom stereocenters. The van der Waals surface area contributed by atoms with Crippen molar-refractivity contribution in [1.82, 2.24) is 4.98 Å². The standard InChI is InChI=1S/C17H18FNO2/c1-2-21-17-13(10-20)9-15(11-3-4-11)16(19-17)12-5-7-14(18)8-6-12/h5-9,11,20H,2-4,10H2,1H3. The average molecular weight is 287 g/mol. The Bertz CT molecular complexity index is 636. The quantitative estimate of drug-likeness (QED) is 0.912. The molecule has 1 saturated carbocycles. The summed E-state index contributed by atoms with van der Waals surface area (Å²) in [6.45, 7) is 2.28. The number of pyridine rings is 1. The maximum absolute atomic E-state index is 13.1. The summed E-state index contributed by atoms with van der Waals surface area (Å²) in [5.41, 5.74) is 3.54. The third kappa shape index (κ3) is 2.90. The number of nitrogens with zero attached hydrogens (tertiary/aromatic N) is 1. The van der Waals surface area contributed by atoms with Gasteiger partial charge in [-0.2, -0.15) is 0 Å². The van der Waals surface area contributed by atoms with E-state index in [4.69, 9.17) is 4.74 Å². The van der Waals surface area contributed by atoms with Crippen LogP contribution in [-0.2, 0) is 6.61 Å². The normalized spacial score (nSPS) is 14.2. The molecule has 0 saturated heterocycles. The van der Waals surface area contributed by atoms with E-state index in [-0.39, 0.29) is 12.4 Å². The van der Waals surface area contributed by atoms with Gasteiger partial charge in [0.15, 0.2) is 0 Å². The predicted octanol–water partition coefficient (Wildman–Crippen LogP) is 3.66. The molecule has 0 radical (unpaired) electrons. The van der Waals surface area contributed by atoms with Crippen LogP contribution in [0.5, 0.6) is 5.88 Å². The SMILES string of the molecule is CCOc1nc(-c2ccc(F)cc2)c(C2CC2)cc1CO. The van der Waals surface area contributed by atoms with Gasteiger partial charge in [0.1, 0.15) is 5.82 Å². The van der Waals surface area contributed by atoms with Crippen LogP contribution in [0.1, 0.15) is 36.8 Å². The molecule has 1 aromatic heterocycles. The second-order valence-corrected chi connectivity index (χ2v) is 5.26. The summed E-state index contributed by atoms with van der Waals surface area (Å²) in [4.78, 5) is 4.59. The van der Waals surface area contributed by atoms with Crippen LogP contribution in [0.15, 0.2) is 30.3 Å². The fraction of sp³-hybridized carbons (Fsp3) is 0.353. The van der Waals surface area contributed by atoms with Gasteiger partial charge >= 0.3 is 0 Å². The van der Waals surface area contributed by atoms with Crippen molar-refractivity contribution >= 4 is 0 Å². The van der Waals surface area contributed by atoms with Gasteiger partial charge in [-0.15, -0.1) is 0 Å². The summed E-state index contributed by atoms with van der Waals surface area (Å²) < 4.78 is 18.6. The highest BCUT2D eigenvalue weighted by Crippen LogP contribution is 2.45. The van der Waals surface area contributed by atoms with Crippen LogP contribution >= 0.6 is 0 Å². The van der Waals surface area contributed by atoms with Crippen LogP contribution in [-0.4, -0.2) is 16.7 Å². The molecule has 0 spiro atoms. The molecule has 1 N–H and O–H groups in total. The van der Waals surface area contributed by atoms with Crippen molar-refractivity contribution in [3.05, 3.63) is 47.3 Å². The van der Waals surface area contributed by atoms with E-state index in [2.05, 4.69) is 4.98 Å². The van der Waals surface area contributed by atoms with Gasteiger partial charge in [-0.25, -0.2) is 9.37 Å². The third-order valence-electron chi connectivity index (χ3n) is 3.68. The van der Waals surface area contributed by atoms with E-state index in [0.717, 1.165) is 29.7 Å². The summed E-state index contributed by atoms with van der Waals surface area (Å²) in [6.07, 6.45) is 2.27. The van der Waals surface area contributed by atoms with Crippen LogP contribution < -0.4 is 4.74 Å². The second-order valence-electron chi connectivity index (χ2n) is 5.26. The van der Waals surface area contributed by atoms with Gasteiger partial charge in [0, 0.05) is 11.1 Å². The molecule has 4 heteroatoms. The molecule has 1 fully saturated rings. The van der Waals surface area contributed by atoms with E-state index in [1.54, 1.807) is 12.1 Å². The third-order valence-corrected chi connectivity index (χ3v) is 3.68.